The minimum absolute atomic E-state index is 0.104. The summed E-state index contributed by atoms with van der Waals surface area (Å²) in [5.41, 5.74) is 0.907. The number of rotatable bonds is 5. The number of nitrogens with zero attached hydrogens (tertiary/aromatic N) is 1. The van der Waals surface area contributed by atoms with Crippen LogP contribution in [0, 0.1) is 6.92 Å². The van der Waals surface area contributed by atoms with E-state index in [-0.39, 0.29) is 11.5 Å². The van der Waals surface area contributed by atoms with Gasteiger partial charge in [-0.15, -0.1) is 0 Å². The molecular weight excluding hydrogens is 360 g/mol. The molecule has 3 rings (SSSR count). The van der Waals surface area contributed by atoms with Crippen LogP contribution < -0.4 is 10.1 Å². The number of amides is 3. The van der Waals surface area contributed by atoms with Crippen molar-refractivity contribution in [1.29, 1.82) is 0 Å². The van der Waals surface area contributed by atoms with E-state index in [0.717, 1.165) is 10.5 Å². The van der Waals surface area contributed by atoms with Gasteiger partial charge in [-0.1, -0.05) is 29.8 Å². The number of urea groups is 1. The highest BCUT2D eigenvalue weighted by Gasteiger charge is 2.49. The molecule has 7 heteroatoms. The monoisotopic (exact) mass is 380 g/mol. The molecule has 0 bridgehead atoms. The molecule has 0 spiro atoms. The lowest BCUT2D eigenvalue weighted by atomic mass is 9.91. The largest absolute Gasteiger partial charge is 0.425 e. The summed E-state index contributed by atoms with van der Waals surface area (Å²) in [4.78, 5) is 49.5. The third kappa shape index (κ3) is 3.64. The summed E-state index contributed by atoms with van der Waals surface area (Å²) in [6, 6.07) is 12.6. The molecule has 3 amide bonds. The SMILES string of the molecule is CC(=O)c1ccc(OC(=O)CN2C(=O)N[C@](C)(c3ccc(C)cc3)C2=O)cc1. The van der Waals surface area contributed by atoms with E-state index in [1.165, 1.54) is 31.2 Å². The van der Waals surface area contributed by atoms with Crippen LogP contribution in [0.15, 0.2) is 48.5 Å². The highest BCUT2D eigenvalue weighted by atomic mass is 16.5. The van der Waals surface area contributed by atoms with Crippen molar-refractivity contribution < 1.29 is 23.9 Å². The first-order valence-corrected chi connectivity index (χ1v) is 8.73. The molecule has 0 aromatic heterocycles. The molecule has 0 aliphatic carbocycles. The average molecular weight is 380 g/mol. The van der Waals surface area contributed by atoms with Crippen molar-refractivity contribution >= 4 is 23.7 Å². The van der Waals surface area contributed by atoms with E-state index in [4.69, 9.17) is 4.74 Å². The van der Waals surface area contributed by atoms with Crippen LogP contribution in [0.1, 0.15) is 35.3 Å². The van der Waals surface area contributed by atoms with Crippen molar-refractivity contribution in [3.8, 4) is 5.75 Å². The molecule has 7 nitrogen and oxygen atoms in total. The number of imide groups is 1. The van der Waals surface area contributed by atoms with Crippen LogP contribution in [0.5, 0.6) is 5.75 Å². The van der Waals surface area contributed by atoms with Gasteiger partial charge in [0, 0.05) is 5.56 Å². The van der Waals surface area contributed by atoms with E-state index in [9.17, 15) is 19.2 Å². The second-order valence-electron chi connectivity index (χ2n) is 6.87. The zero-order valence-corrected chi connectivity index (χ0v) is 15.8. The summed E-state index contributed by atoms with van der Waals surface area (Å²) >= 11 is 0. The van der Waals surface area contributed by atoms with E-state index < -0.39 is 30.0 Å². The maximum absolute atomic E-state index is 12.8. The molecule has 28 heavy (non-hydrogen) atoms. The first kappa shape index (κ1) is 19.3. The predicted molar refractivity (Wildman–Crippen MR) is 101 cm³/mol. The molecule has 1 aliphatic heterocycles. The smallest absolute Gasteiger partial charge is 0.331 e. The molecule has 0 unspecified atom stereocenters. The highest BCUT2D eigenvalue weighted by molar-refractivity contribution is 6.08. The quantitative estimate of drug-likeness (QED) is 0.372. The third-order valence-electron chi connectivity index (χ3n) is 4.68. The van der Waals surface area contributed by atoms with E-state index in [1.807, 2.05) is 19.1 Å². The molecule has 0 radical (unpaired) electrons. The summed E-state index contributed by atoms with van der Waals surface area (Å²) in [5, 5.41) is 2.65. The number of ether oxygens (including phenoxy) is 1. The fraction of sp³-hybridized carbons (Fsp3) is 0.238. The van der Waals surface area contributed by atoms with Crippen molar-refractivity contribution in [3.05, 3.63) is 65.2 Å². The van der Waals surface area contributed by atoms with Crippen molar-refractivity contribution in [2.75, 3.05) is 6.54 Å². The maximum atomic E-state index is 12.8. The molecule has 1 fully saturated rings. The summed E-state index contributed by atoms with van der Waals surface area (Å²) in [6.07, 6.45) is 0. The number of nitrogens with one attached hydrogen (secondary N) is 1. The number of ketones is 1. The lowest BCUT2D eigenvalue weighted by Gasteiger charge is -2.22. The van der Waals surface area contributed by atoms with Gasteiger partial charge in [0.05, 0.1) is 0 Å². The second-order valence-corrected chi connectivity index (χ2v) is 6.87. The Morgan fingerprint density at radius 1 is 1.04 bits per heavy atom. The lowest BCUT2D eigenvalue weighted by molar-refractivity contribution is -0.140. The number of hydrogen-bond donors (Lipinski definition) is 1. The zero-order chi connectivity index (χ0) is 20.5. The Labute approximate surface area is 162 Å². The summed E-state index contributed by atoms with van der Waals surface area (Å²) < 4.78 is 5.17. The van der Waals surface area contributed by atoms with Gasteiger partial charge in [0.2, 0.25) is 0 Å². The Hall–Kier alpha value is -3.48. The van der Waals surface area contributed by atoms with Crippen LogP contribution >= 0.6 is 0 Å². The number of aryl methyl sites for hydroxylation is 1. The number of esters is 1. The standard InChI is InChI=1S/C21H20N2O5/c1-13-4-8-16(9-5-13)21(3)19(26)23(20(27)22-21)12-18(25)28-17-10-6-15(7-11-17)14(2)24/h4-11H,12H2,1-3H3,(H,22,27)/t21-/m1/s1. The van der Waals surface area contributed by atoms with Crippen LogP contribution in [0.4, 0.5) is 4.79 Å². The molecule has 144 valence electrons. The van der Waals surface area contributed by atoms with Gasteiger partial charge >= 0.3 is 12.0 Å². The van der Waals surface area contributed by atoms with Crippen molar-refractivity contribution in [2.24, 2.45) is 0 Å². The number of hydrogen-bond acceptors (Lipinski definition) is 5. The van der Waals surface area contributed by atoms with Gasteiger partial charge in [-0.05, 0) is 50.6 Å². The van der Waals surface area contributed by atoms with Gasteiger partial charge in [0.1, 0.15) is 17.8 Å². The number of benzene rings is 2. The van der Waals surface area contributed by atoms with Gasteiger partial charge in [-0.3, -0.25) is 14.5 Å². The summed E-state index contributed by atoms with van der Waals surface area (Å²) in [6.45, 7) is 4.44. The molecular formula is C21H20N2O5. The van der Waals surface area contributed by atoms with Crippen molar-refractivity contribution in [2.45, 2.75) is 26.3 Å². The Balaban J connectivity index is 1.70. The Bertz CT molecular complexity index is 950. The van der Waals surface area contributed by atoms with E-state index in [1.54, 1.807) is 19.1 Å². The van der Waals surface area contributed by atoms with E-state index in [2.05, 4.69) is 5.32 Å². The maximum Gasteiger partial charge on any atom is 0.331 e. The zero-order valence-electron chi connectivity index (χ0n) is 15.8. The van der Waals surface area contributed by atoms with Crippen LogP contribution in [-0.2, 0) is 15.1 Å². The fourth-order valence-corrected chi connectivity index (χ4v) is 2.97. The van der Waals surface area contributed by atoms with Crippen LogP contribution in [-0.4, -0.2) is 35.1 Å². The first-order chi connectivity index (χ1) is 13.2. The van der Waals surface area contributed by atoms with Crippen LogP contribution in [0.25, 0.3) is 0 Å². The molecule has 0 saturated carbocycles. The predicted octanol–water partition coefficient (Wildman–Crippen LogP) is 2.57. The Kier molecular flexibility index (Phi) is 5.00. The Morgan fingerprint density at radius 3 is 2.21 bits per heavy atom. The molecule has 1 atom stereocenters. The highest BCUT2D eigenvalue weighted by Crippen LogP contribution is 2.29. The summed E-state index contributed by atoms with van der Waals surface area (Å²) in [5.74, 6) is -1.16. The minimum Gasteiger partial charge on any atom is -0.425 e. The first-order valence-electron chi connectivity index (χ1n) is 8.73. The van der Waals surface area contributed by atoms with Crippen LogP contribution in [0.3, 0.4) is 0 Å². The molecule has 1 heterocycles. The van der Waals surface area contributed by atoms with Gasteiger partial charge in [-0.2, -0.15) is 0 Å². The molecule has 2 aromatic carbocycles. The van der Waals surface area contributed by atoms with Crippen molar-refractivity contribution in [3.63, 3.8) is 0 Å². The van der Waals surface area contributed by atoms with Crippen LogP contribution in [0.2, 0.25) is 0 Å². The number of carbonyl (C=O) groups is 4. The minimum atomic E-state index is -1.24. The number of carbonyl (C=O) groups excluding carboxylic acids is 4. The fourth-order valence-electron chi connectivity index (χ4n) is 2.97. The van der Waals surface area contributed by atoms with E-state index in [0.29, 0.717) is 11.1 Å². The second kappa shape index (κ2) is 7.26. The van der Waals surface area contributed by atoms with E-state index >= 15 is 0 Å². The average Bonchev–Trinajstić information content (AvgIpc) is 2.86. The number of Topliss-reactive ketones (excluding diaryl/α,β-unsaturated/α-hetero) is 1. The molecule has 2 aromatic rings. The molecule has 1 saturated heterocycles. The Morgan fingerprint density at radius 2 is 1.64 bits per heavy atom. The molecule has 1 aliphatic rings. The lowest BCUT2D eigenvalue weighted by Crippen LogP contribution is -2.41. The molecule has 1 N–H and O–H groups in total. The van der Waals surface area contributed by atoms with Gasteiger partial charge < -0.3 is 10.1 Å². The normalized spacial score (nSPS) is 18.8. The van der Waals surface area contributed by atoms with Gasteiger partial charge in [0.15, 0.2) is 5.78 Å². The topological polar surface area (TPSA) is 92.8 Å². The van der Waals surface area contributed by atoms with Crippen molar-refractivity contribution in [1.82, 2.24) is 10.2 Å². The third-order valence-corrected chi connectivity index (χ3v) is 4.68. The summed E-state index contributed by atoms with van der Waals surface area (Å²) in [7, 11) is 0. The van der Waals surface area contributed by atoms with Gasteiger partial charge in [0.25, 0.3) is 5.91 Å². The van der Waals surface area contributed by atoms with Gasteiger partial charge in [-0.25, -0.2) is 9.59 Å².